The minimum Gasteiger partial charge on any atom is -0.493 e. The number of amidine groups is 1. The van der Waals surface area contributed by atoms with Crippen LogP contribution in [0, 0.1) is 11.3 Å². The summed E-state index contributed by atoms with van der Waals surface area (Å²) in [5.41, 5.74) is 6.21. The Morgan fingerprint density at radius 1 is 1.47 bits per heavy atom. The van der Waals surface area contributed by atoms with Crippen molar-refractivity contribution in [3.05, 3.63) is 28.2 Å². The summed E-state index contributed by atoms with van der Waals surface area (Å²) in [6.07, 6.45) is 5.13. The molecule has 1 fully saturated rings. The van der Waals surface area contributed by atoms with E-state index in [1.165, 1.54) is 19.3 Å². The third-order valence-electron chi connectivity index (χ3n) is 3.25. The SMILES string of the molecule is N=C(N)c1c(Br)cccc1OCCC1CCC1. The molecular formula is C13H17BrN2O. The van der Waals surface area contributed by atoms with Crippen molar-refractivity contribution in [1.29, 1.82) is 5.41 Å². The minimum atomic E-state index is 0.0381. The van der Waals surface area contributed by atoms with E-state index in [1.807, 2.05) is 18.2 Å². The molecule has 0 atom stereocenters. The fraction of sp³-hybridized carbons (Fsp3) is 0.462. The number of ether oxygens (including phenoxy) is 1. The lowest BCUT2D eigenvalue weighted by molar-refractivity contribution is 0.221. The fourth-order valence-corrected chi connectivity index (χ4v) is 2.56. The maximum absolute atomic E-state index is 7.55. The molecule has 0 amide bonds. The maximum atomic E-state index is 7.55. The van der Waals surface area contributed by atoms with Gasteiger partial charge in [0.2, 0.25) is 0 Å². The normalized spacial score (nSPS) is 15.4. The van der Waals surface area contributed by atoms with Crippen molar-refractivity contribution in [2.75, 3.05) is 6.61 Å². The number of hydrogen-bond donors (Lipinski definition) is 2. The lowest BCUT2D eigenvalue weighted by Gasteiger charge is -2.25. The van der Waals surface area contributed by atoms with Gasteiger partial charge in [-0.15, -0.1) is 0 Å². The fourth-order valence-electron chi connectivity index (χ4n) is 2.00. The highest BCUT2D eigenvalue weighted by Crippen LogP contribution is 2.30. The minimum absolute atomic E-state index is 0.0381. The Hall–Kier alpha value is -1.03. The van der Waals surface area contributed by atoms with Crippen LogP contribution in [0.25, 0.3) is 0 Å². The van der Waals surface area contributed by atoms with Gasteiger partial charge in [0.25, 0.3) is 0 Å². The Kier molecular flexibility index (Phi) is 4.05. The van der Waals surface area contributed by atoms with Crippen LogP contribution in [-0.4, -0.2) is 12.4 Å². The highest BCUT2D eigenvalue weighted by molar-refractivity contribution is 9.10. The van der Waals surface area contributed by atoms with E-state index in [2.05, 4.69) is 15.9 Å². The summed E-state index contributed by atoms with van der Waals surface area (Å²) in [4.78, 5) is 0. The van der Waals surface area contributed by atoms with Crippen LogP contribution in [0.5, 0.6) is 5.75 Å². The summed E-state index contributed by atoms with van der Waals surface area (Å²) in [6.45, 7) is 0.710. The number of nitrogens with one attached hydrogen (secondary N) is 1. The standard InChI is InChI=1S/C13H17BrN2O/c14-10-5-2-6-11(12(10)13(15)16)17-8-7-9-3-1-4-9/h2,5-6,9H,1,3-4,7-8H2,(H3,15,16). The molecule has 3 nitrogen and oxygen atoms in total. The lowest BCUT2D eigenvalue weighted by Crippen LogP contribution is -2.17. The van der Waals surface area contributed by atoms with Gasteiger partial charge < -0.3 is 10.5 Å². The average Bonchev–Trinajstić information content (AvgIpc) is 2.21. The molecule has 4 heteroatoms. The van der Waals surface area contributed by atoms with Crippen LogP contribution in [0.2, 0.25) is 0 Å². The molecule has 17 heavy (non-hydrogen) atoms. The predicted molar refractivity (Wildman–Crippen MR) is 72.6 cm³/mol. The monoisotopic (exact) mass is 296 g/mol. The molecule has 1 aromatic carbocycles. The molecule has 1 saturated carbocycles. The molecule has 1 aromatic rings. The van der Waals surface area contributed by atoms with E-state index in [0.29, 0.717) is 17.9 Å². The van der Waals surface area contributed by atoms with Crippen molar-refractivity contribution < 1.29 is 4.74 Å². The molecular weight excluding hydrogens is 280 g/mol. The van der Waals surface area contributed by atoms with E-state index in [4.69, 9.17) is 15.9 Å². The van der Waals surface area contributed by atoms with E-state index < -0.39 is 0 Å². The molecule has 0 heterocycles. The Balaban J connectivity index is 1.98. The van der Waals surface area contributed by atoms with Crippen molar-refractivity contribution >= 4 is 21.8 Å². The molecule has 0 radical (unpaired) electrons. The van der Waals surface area contributed by atoms with Crippen molar-refractivity contribution in [3.63, 3.8) is 0 Å². The number of nitrogens with two attached hydrogens (primary N) is 1. The van der Waals surface area contributed by atoms with Crippen LogP contribution < -0.4 is 10.5 Å². The number of benzene rings is 1. The van der Waals surface area contributed by atoms with Gasteiger partial charge in [-0.2, -0.15) is 0 Å². The number of nitrogen functional groups attached to an aromatic ring is 1. The first-order valence-corrected chi connectivity index (χ1v) is 6.73. The molecule has 0 bridgehead atoms. The van der Waals surface area contributed by atoms with Crippen molar-refractivity contribution in [3.8, 4) is 5.75 Å². The summed E-state index contributed by atoms with van der Waals surface area (Å²) < 4.78 is 6.55. The molecule has 3 N–H and O–H groups in total. The number of rotatable bonds is 5. The molecule has 2 rings (SSSR count). The summed E-state index contributed by atoms with van der Waals surface area (Å²) >= 11 is 3.39. The lowest BCUT2D eigenvalue weighted by atomic mass is 9.83. The summed E-state index contributed by atoms with van der Waals surface area (Å²) in [5.74, 6) is 1.57. The van der Waals surface area contributed by atoms with Gasteiger partial charge in [-0.05, 0) is 40.4 Å². The first kappa shape index (κ1) is 12.4. The highest BCUT2D eigenvalue weighted by atomic mass is 79.9. The molecule has 0 aliphatic heterocycles. The van der Waals surface area contributed by atoms with Gasteiger partial charge in [0.15, 0.2) is 0 Å². The summed E-state index contributed by atoms with van der Waals surface area (Å²) in [7, 11) is 0. The molecule has 0 spiro atoms. The maximum Gasteiger partial charge on any atom is 0.131 e. The first-order chi connectivity index (χ1) is 8.18. The van der Waals surface area contributed by atoms with Crippen LogP contribution >= 0.6 is 15.9 Å². The van der Waals surface area contributed by atoms with Gasteiger partial charge in [-0.1, -0.05) is 25.3 Å². The third-order valence-corrected chi connectivity index (χ3v) is 3.91. The second-order valence-electron chi connectivity index (χ2n) is 4.46. The van der Waals surface area contributed by atoms with Gasteiger partial charge in [0, 0.05) is 4.47 Å². The second kappa shape index (κ2) is 5.54. The van der Waals surface area contributed by atoms with E-state index in [1.54, 1.807) is 0 Å². The number of hydrogen-bond acceptors (Lipinski definition) is 2. The molecule has 92 valence electrons. The average molecular weight is 297 g/mol. The highest BCUT2D eigenvalue weighted by Gasteiger charge is 2.17. The van der Waals surface area contributed by atoms with Gasteiger partial charge in [0.05, 0.1) is 12.2 Å². The summed E-state index contributed by atoms with van der Waals surface area (Å²) in [6, 6.07) is 5.63. The third kappa shape index (κ3) is 3.00. The molecule has 1 aliphatic rings. The van der Waals surface area contributed by atoms with E-state index in [9.17, 15) is 0 Å². The molecule has 0 unspecified atom stereocenters. The Labute approximate surface area is 110 Å². The van der Waals surface area contributed by atoms with E-state index in [-0.39, 0.29) is 5.84 Å². The van der Waals surface area contributed by atoms with Gasteiger partial charge in [-0.25, -0.2) is 0 Å². The zero-order chi connectivity index (χ0) is 12.3. The van der Waals surface area contributed by atoms with Crippen LogP contribution in [0.3, 0.4) is 0 Å². The van der Waals surface area contributed by atoms with Crippen LogP contribution in [0.15, 0.2) is 22.7 Å². The second-order valence-corrected chi connectivity index (χ2v) is 5.32. The zero-order valence-corrected chi connectivity index (χ0v) is 11.3. The van der Waals surface area contributed by atoms with E-state index >= 15 is 0 Å². The van der Waals surface area contributed by atoms with Crippen molar-refractivity contribution in [2.45, 2.75) is 25.7 Å². The Bertz CT molecular complexity index is 416. The van der Waals surface area contributed by atoms with Gasteiger partial charge >= 0.3 is 0 Å². The zero-order valence-electron chi connectivity index (χ0n) is 9.71. The summed E-state index contributed by atoms with van der Waals surface area (Å²) in [5, 5.41) is 7.55. The van der Waals surface area contributed by atoms with Crippen LogP contribution in [0.1, 0.15) is 31.2 Å². The largest absolute Gasteiger partial charge is 0.493 e. The van der Waals surface area contributed by atoms with Crippen molar-refractivity contribution in [1.82, 2.24) is 0 Å². The number of halogens is 1. The Morgan fingerprint density at radius 3 is 2.82 bits per heavy atom. The van der Waals surface area contributed by atoms with Crippen molar-refractivity contribution in [2.24, 2.45) is 11.7 Å². The molecule has 0 saturated heterocycles. The molecule has 1 aliphatic carbocycles. The Morgan fingerprint density at radius 2 is 2.24 bits per heavy atom. The van der Waals surface area contributed by atoms with Gasteiger partial charge in [-0.3, -0.25) is 5.41 Å². The smallest absolute Gasteiger partial charge is 0.131 e. The van der Waals surface area contributed by atoms with Gasteiger partial charge in [0.1, 0.15) is 11.6 Å². The quantitative estimate of drug-likeness (QED) is 0.647. The van der Waals surface area contributed by atoms with Crippen LogP contribution in [0.4, 0.5) is 0 Å². The van der Waals surface area contributed by atoms with Crippen LogP contribution in [-0.2, 0) is 0 Å². The topological polar surface area (TPSA) is 59.1 Å². The molecule has 0 aromatic heterocycles. The predicted octanol–water partition coefficient (Wildman–Crippen LogP) is 3.30. The van der Waals surface area contributed by atoms with E-state index in [0.717, 1.165) is 16.8 Å². The first-order valence-electron chi connectivity index (χ1n) is 5.94.